The Morgan fingerprint density at radius 3 is 2.29 bits per heavy atom. The fraction of sp³-hybridized carbons (Fsp3) is 0.400. The molecule has 6 nitrogen and oxygen atoms in total. The van der Waals surface area contributed by atoms with Gasteiger partial charge in [0.1, 0.15) is 17.1 Å². The molecule has 1 saturated heterocycles. The molecule has 4 rings (SSSR count). The average molecular weight is 477 g/mol. The minimum atomic E-state index is -4.99. The van der Waals surface area contributed by atoms with Gasteiger partial charge in [-0.25, -0.2) is 0 Å². The summed E-state index contributed by atoms with van der Waals surface area (Å²) in [5.41, 5.74) is 0.388. The summed E-state index contributed by atoms with van der Waals surface area (Å²) in [7, 11) is 0. The van der Waals surface area contributed by atoms with Gasteiger partial charge in [-0.1, -0.05) is 6.07 Å². The first-order chi connectivity index (χ1) is 15.9. The Hall–Kier alpha value is -3.04. The molecule has 3 aromatic rings. The minimum Gasteiger partial charge on any atom is -0.507 e. The third kappa shape index (κ3) is 4.90. The number of rotatable bonds is 4. The number of fused-ring (bicyclic) bond motifs is 1. The summed E-state index contributed by atoms with van der Waals surface area (Å²) in [6, 6.07) is 7.46. The van der Waals surface area contributed by atoms with Crippen molar-refractivity contribution >= 4 is 11.0 Å². The Kier molecular flexibility index (Phi) is 6.35. The zero-order chi connectivity index (χ0) is 24.8. The van der Waals surface area contributed by atoms with Crippen molar-refractivity contribution in [3.63, 3.8) is 0 Å². The fourth-order valence-corrected chi connectivity index (χ4v) is 4.47. The molecule has 2 aromatic carbocycles. The van der Waals surface area contributed by atoms with Gasteiger partial charge in [0.25, 0.3) is 5.76 Å². The Bertz CT molecular complexity index is 1250. The molecule has 34 heavy (non-hydrogen) atoms. The molecule has 0 spiro atoms. The van der Waals surface area contributed by atoms with Gasteiger partial charge in [-0.15, -0.1) is 0 Å². The molecule has 0 radical (unpaired) electrons. The Labute approximate surface area is 194 Å². The molecule has 0 saturated carbocycles. The number of nitrogens with zero attached hydrogens (tertiary/aromatic N) is 1. The van der Waals surface area contributed by atoms with Crippen LogP contribution in [0.5, 0.6) is 17.2 Å². The topological polar surface area (TPSA) is 72.1 Å². The molecule has 9 heteroatoms. The highest BCUT2D eigenvalue weighted by molar-refractivity contribution is 5.83. The van der Waals surface area contributed by atoms with Crippen molar-refractivity contribution in [2.75, 3.05) is 13.1 Å². The van der Waals surface area contributed by atoms with E-state index in [9.17, 15) is 23.1 Å². The summed E-state index contributed by atoms with van der Waals surface area (Å²) >= 11 is 0. The fourth-order valence-electron chi connectivity index (χ4n) is 4.47. The number of ether oxygens (including phenoxy) is 2. The number of benzene rings is 2. The lowest BCUT2D eigenvalue weighted by Crippen LogP contribution is -2.44. The van der Waals surface area contributed by atoms with Gasteiger partial charge in [0.15, 0.2) is 0 Å². The number of hydrogen-bond donors (Lipinski definition) is 1. The van der Waals surface area contributed by atoms with Crippen LogP contribution in [0.1, 0.15) is 36.3 Å². The standard InChI is InChI=1S/C25H26F3NO5/c1-13-7-14(2)9-17(8-13)33-23-21(31)18-5-6-20(30)19(22(18)34-24(23)25(26,27)28)12-29-10-15(3)32-16(4)11-29/h5-9,15-16,30H,10-12H2,1-4H3/t15-,16-/m0/s1. The van der Waals surface area contributed by atoms with Crippen LogP contribution in [-0.4, -0.2) is 35.3 Å². The molecular formula is C25H26F3NO5. The van der Waals surface area contributed by atoms with Crippen LogP contribution in [0.3, 0.4) is 0 Å². The van der Waals surface area contributed by atoms with Crippen LogP contribution < -0.4 is 10.2 Å². The minimum absolute atomic E-state index is 0.0867. The van der Waals surface area contributed by atoms with Crippen LogP contribution in [0.2, 0.25) is 0 Å². The SMILES string of the molecule is Cc1cc(C)cc(Oc2c(C(F)(F)F)oc3c(CN4C[C@H](C)O[C@@H](C)C4)c(O)ccc3c2=O)c1. The number of phenols is 1. The summed E-state index contributed by atoms with van der Waals surface area (Å²) in [5, 5.41) is 10.4. The van der Waals surface area contributed by atoms with Gasteiger partial charge in [0.05, 0.1) is 23.2 Å². The van der Waals surface area contributed by atoms with Crippen LogP contribution in [0.25, 0.3) is 11.0 Å². The van der Waals surface area contributed by atoms with E-state index in [0.717, 1.165) is 11.1 Å². The summed E-state index contributed by atoms with van der Waals surface area (Å²) in [5.74, 6) is -2.63. The number of morpholine rings is 1. The summed E-state index contributed by atoms with van der Waals surface area (Å²) in [4.78, 5) is 15.2. The van der Waals surface area contributed by atoms with Crippen LogP contribution in [0, 0.1) is 13.8 Å². The maximum Gasteiger partial charge on any atom is 0.453 e. The summed E-state index contributed by atoms with van der Waals surface area (Å²) in [6.07, 6.45) is -5.17. The molecule has 1 aromatic heterocycles. The molecule has 0 bridgehead atoms. The number of aryl methyl sites for hydroxylation is 2. The highest BCUT2D eigenvalue weighted by atomic mass is 19.4. The number of alkyl halides is 3. The highest BCUT2D eigenvalue weighted by Crippen LogP contribution is 2.40. The average Bonchev–Trinajstić information content (AvgIpc) is 2.69. The second-order valence-electron chi connectivity index (χ2n) is 8.90. The first kappa shape index (κ1) is 24.1. The second kappa shape index (κ2) is 8.96. The van der Waals surface area contributed by atoms with Crippen molar-refractivity contribution in [1.29, 1.82) is 0 Å². The zero-order valence-electron chi connectivity index (χ0n) is 19.3. The van der Waals surface area contributed by atoms with Crippen molar-refractivity contribution in [3.8, 4) is 17.2 Å². The number of phenolic OH excluding ortho intramolecular Hbond substituents is 1. The number of hydrogen-bond acceptors (Lipinski definition) is 6. The molecule has 1 N–H and O–H groups in total. The molecule has 2 atom stereocenters. The molecular weight excluding hydrogens is 451 g/mol. The summed E-state index contributed by atoms with van der Waals surface area (Å²) in [6.45, 7) is 8.47. The summed E-state index contributed by atoms with van der Waals surface area (Å²) < 4.78 is 58.5. The maximum absolute atomic E-state index is 14.0. The lowest BCUT2D eigenvalue weighted by Gasteiger charge is -2.35. The molecule has 182 valence electrons. The first-order valence-electron chi connectivity index (χ1n) is 10.9. The zero-order valence-corrected chi connectivity index (χ0v) is 19.3. The number of aromatic hydroxyl groups is 1. The van der Waals surface area contributed by atoms with Gasteiger partial charge >= 0.3 is 6.18 Å². The predicted molar refractivity (Wildman–Crippen MR) is 120 cm³/mol. The van der Waals surface area contributed by atoms with E-state index in [1.54, 1.807) is 26.0 Å². The Morgan fingerprint density at radius 1 is 1.09 bits per heavy atom. The second-order valence-corrected chi connectivity index (χ2v) is 8.90. The van der Waals surface area contributed by atoms with E-state index >= 15 is 0 Å². The van der Waals surface area contributed by atoms with E-state index < -0.39 is 23.1 Å². The third-order valence-corrected chi connectivity index (χ3v) is 5.65. The van der Waals surface area contributed by atoms with Crippen LogP contribution in [0.15, 0.2) is 39.5 Å². The molecule has 1 aliphatic rings. The largest absolute Gasteiger partial charge is 0.507 e. The molecule has 1 aliphatic heterocycles. The molecule has 2 heterocycles. The van der Waals surface area contributed by atoms with E-state index in [1.807, 2.05) is 24.8 Å². The van der Waals surface area contributed by atoms with Crippen molar-refractivity contribution in [1.82, 2.24) is 4.90 Å². The molecule has 0 unspecified atom stereocenters. The van der Waals surface area contributed by atoms with E-state index in [0.29, 0.717) is 13.1 Å². The van der Waals surface area contributed by atoms with Crippen LogP contribution in [0.4, 0.5) is 13.2 Å². The van der Waals surface area contributed by atoms with Crippen molar-refractivity contribution in [3.05, 3.63) is 63.0 Å². The molecule has 0 aliphatic carbocycles. The monoisotopic (exact) mass is 477 g/mol. The van der Waals surface area contributed by atoms with Crippen molar-refractivity contribution in [2.24, 2.45) is 0 Å². The predicted octanol–water partition coefficient (Wildman–Crippen LogP) is 5.54. The Morgan fingerprint density at radius 2 is 1.71 bits per heavy atom. The lowest BCUT2D eigenvalue weighted by molar-refractivity contribution is -0.154. The highest BCUT2D eigenvalue weighted by Gasteiger charge is 2.41. The Balaban J connectivity index is 1.86. The maximum atomic E-state index is 14.0. The lowest BCUT2D eigenvalue weighted by atomic mass is 10.1. The first-order valence-corrected chi connectivity index (χ1v) is 10.9. The van der Waals surface area contributed by atoms with Gasteiger partial charge in [-0.05, 0) is 63.1 Å². The third-order valence-electron chi connectivity index (χ3n) is 5.65. The molecule has 0 amide bonds. The quantitative estimate of drug-likeness (QED) is 0.532. The van der Waals surface area contributed by atoms with E-state index in [-0.39, 0.29) is 46.8 Å². The van der Waals surface area contributed by atoms with Gasteiger partial charge in [-0.3, -0.25) is 9.69 Å². The molecule has 1 fully saturated rings. The van der Waals surface area contributed by atoms with Gasteiger partial charge in [0.2, 0.25) is 11.2 Å². The van der Waals surface area contributed by atoms with E-state index in [2.05, 4.69) is 0 Å². The van der Waals surface area contributed by atoms with E-state index in [1.165, 1.54) is 12.1 Å². The van der Waals surface area contributed by atoms with Crippen LogP contribution in [-0.2, 0) is 17.5 Å². The van der Waals surface area contributed by atoms with Gasteiger partial charge in [0, 0.05) is 19.6 Å². The normalized spacial score (nSPS) is 19.5. The smallest absolute Gasteiger partial charge is 0.453 e. The number of halogens is 3. The van der Waals surface area contributed by atoms with Crippen LogP contribution >= 0.6 is 0 Å². The van der Waals surface area contributed by atoms with Gasteiger partial charge in [-0.2, -0.15) is 13.2 Å². The van der Waals surface area contributed by atoms with Crippen molar-refractivity contribution < 1.29 is 32.2 Å². The van der Waals surface area contributed by atoms with Gasteiger partial charge < -0.3 is 19.0 Å². The van der Waals surface area contributed by atoms with E-state index in [4.69, 9.17) is 13.9 Å². The van der Waals surface area contributed by atoms with Crippen molar-refractivity contribution in [2.45, 2.75) is 52.6 Å².